The monoisotopic (exact) mass is 456 g/mol. The minimum Gasteiger partial charge on any atom is -0.506 e. The molecule has 2 aromatic carbocycles. The summed E-state index contributed by atoms with van der Waals surface area (Å²) in [5, 5.41) is 14.7. The number of nitrogens with zero attached hydrogens (tertiary/aromatic N) is 3. The number of phenols is 1. The number of fused-ring (bicyclic) bond motifs is 1. The van der Waals surface area contributed by atoms with Gasteiger partial charge in [-0.2, -0.15) is 0 Å². The molecule has 0 amide bonds. The first kappa shape index (κ1) is 21.5. The maximum Gasteiger partial charge on any atom is 0.174 e. The molecular weight excluding hydrogens is 428 g/mol. The first-order valence-corrected chi connectivity index (χ1v) is 11.5. The minimum absolute atomic E-state index is 0.0482. The average Bonchev–Trinajstić information content (AvgIpc) is 3.15. The predicted molar refractivity (Wildman–Crippen MR) is 139 cm³/mol. The van der Waals surface area contributed by atoms with Gasteiger partial charge in [-0.1, -0.05) is 30.3 Å². The number of phenolic OH excluding ortho intramolecular Hbond substituents is 1. The van der Waals surface area contributed by atoms with Crippen LogP contribution in [0.25, 0.3) is 5.57 Å². The van der Waals surface area contributed by atoms with Crippen LogP contribution in [0.1, 0.15) is 49.7 Å². The maximum absolute atomic E-state index is 10.7. The number of aromatic nitrogens is 1. The van der Waals surface area contributed by atoms with Crippen LogP contribution in [0.5, 0.6) is 5.75 Å². The summed E-state index contributed by atoms with van der Waals surface area (Å²) in [6.07, 6.45) is 4.12. The molecule has 2 aliphatic heterocycles. The summed E-state index contributed by atoms with van der Waals surface area (Å²) in [4.78, 5) is 8.95. The normalized spacial score (nSPS) is 21.5. The van der Waals surface area contributed by atoms with Crippen molar-refractivity contribution < 1.29 is 5.11 Å². The van der Waals surface area contributed by atoms with Gasteiger partial charge in [0.1, 0.15) is 5.75 Å². The molecule has 0 bridgehead atoms. The van der Waals surface area contributed by atoms with Crippen LogP contribution >= 0.6 is 12.2 Å². The number of para-hydroxylation sites is 2. The highest BCUT2D eigenvalue weighted by Crippen LogP contribution is 2.46. The van der Waals surface area contributed by atoms with Crippen molar-refractivity contribution in [1.29, 1.82) is 0 Å². The van der Waals surface area contributed by atoms with Gasteiger partial charge in [0.05, 0.1) is 29.0 Å². The highest BCUT2D eigenvalue weighted by atomic mass is 32.1. The molecule has 2 N–H and O–H groups in total. The third-order valence-electron chi connectivity index (χ3n) is 6.82. The van der Waals surface area contributed by atoms with Gasteiger partial charge < -0.3 is 20.2 Å². The van der Waals surface area contributed by atoms with Crippen molar-refractivity contribution in [3.05, 3.63) is 89.8 Å². The van der Waals surface area contributed by atoms with Crippen LogP contribution in [0, 0.1) is 0 Å². The van der Waals surface area contributed by atoms with E-state index in [1.165, 1.54) is 16.8 Å². The van der Waals surface area contributed by atoms with Gasteiger partial charge in [-0.15, -0.1) is 0 Å². The molecule has 1 saturated heterocycles. The first-order valence-electron chi connectivity index (χ1n) is 11.1. The van der Waals surface area contributed by atoms with Crippen molar-refractivity contribution in [3.63, 3.8) is 0 Å². The van der Waals surface area contributed by atoms with E-state index in [0.717, 1.165) is 11.3 Å². The van der Waals surface area contributed by atoms with Gasteiger partial charge in [-0.05, 0) is 80.5 Å². The summed E-state index contributed by atoms with van der Waals surface area (Å²) < 4.78 is 0. The van der Waals surface area contributed by atoms with E-state index in [0.29, 0.717) is 10.8 Å². The quantitative estimate of drug-likeness (QED) is 0.501. The Labute approximate surface area is 200 Å². The molecule has 2 aliphatic rings. The summed E-state index contributed by atoms with van der Waals surface area (Å²) in [5.74, 6) is 0.198. The van der Waals surface area contributed by atoms with E-state index in [2.05, 4.69) is 67.3 Å². The van der Waals surface area contributed by atoms with Gasteiger partial charge in [0.25, 0.3) is 0 Å². The van der Waals surface area contributed by atoms with Crippen molar-refractivity contribution in [3.8, 4) is 5.75 Å². The molecular formula is C27H28N4OS. The summed E-state index contributed by atoms with van der Waals surface area (Å²) in [5.41, 5.74) is 6.33. The van der Waals surface area contributed by atoms with Crippen LogP contribution in [-0.2, 0) is 0 Å². The van der Waals surface area contributed by atoms with E-state index < -0.39 is 0 Å². The van der Waals surface area contributed by atoms with E-state index in [1.807, 2.05) is 41.3 Å². The molecule has 1 aromatic heterocycles. The topological polar surface area (TPSA) is 51.6 Å². The van der Waals surface area contributed by atoms with Crippen LogP contribution in [-0.4, -0.2) is 27.8 Å². The van der Waals surface area contributed by atoms with Crippen LogP contribution < -0.4 is 15.1 Å². The lowest BCUT2D eigenvalue weighted by Crippen LogP contribution is -2.42. The van der Waals surface area contributed by atoms with E-state index in [1.54, 1.807) is 12.3 Å². The molecule has 0 spiro atoms. The van der Waals surface area contributed by atoms with Crippen molar-refractivity contribution in [2.45, 2.75) is 38.4 Å². The van der Waals surface area contributed by atoms with Crippen LogP contribution in [0.4, 0.5) is 11.4 Å². The lowest BCUT2D eigenvalue weighted by molar-refractivity contribution is 0.473. The standard InChI is InChI=1S/C27H28N4OS/c1-17-16-27(2,3)30(4)21-13-12-18(15-19(17)21)25-24(20-9-7-8-14-28-20)29-26(33)31(25)22-10-5-6-11-23(22)32/h5-16,24-25,32H,1-4H3,(H,29,33). The second-order valence-electron chi connectivity index (χ2n) is 9.30. The molecule has 1 fully saturated rings. The zero-order valence-electron chi connectivity index (χ0n) is 19.3. The number of benzene rings is 2. The number of pyridine rings is 1. The summed E-state index contributed by atoms with van der Waals surface area (Å²) >= 11 is 5.79. The number of anilines is 2. The van der Waals surface area contributed by atoms with Crippen molar-refractivity contribution in [1.82, 2.24) is 10.3 Å². The lowest BCUT2D eigenvalue weighted by Gasteiger charge is -2.41. The number of allylic oxidation sites excluding steroid dienone is 1. The fraction of sp³-hybridized carbons (Fsp3) is 0.259. The lowest BCUT2D eigenvalue weighted by atomic mass is 9.86. The Morgan fingerprint density at radius 3 is 2.52 bits per heavy atom. The number of likely N-dealkylation sites (N-methyl/N-ethyl adjacent to an activating group) is 1. The third-order valence-corrected chi connectivity index (χ3v) is 7.14. The first-order chi connectivity index (χ1) is 15.8. The minimum atomic E-state index is -0.168. The Bertz CT molecular complexity index is 1250. The van der Waals surface area contributed by atoms with Gasteiger partial charge in [0.2, 0.25) is 0 Å². The molecule has 2 atom stereocenters. The van der Waals surface area contributed by atoms with Crippen molar-refractivity contribution in [2.24, 2.45) is 0 Å². The number of rotatable bonds is 3. The highest BCUT2D eigenvalue weighted by Gasteiger charge is 2.42. The van der Waals surface area contributed by atoms with Crippen LogP contribution in [0.3, 0.4) is 0 Å². The van der Waals surface area contributed by atoms with Gasteiger partial charge in [-0.3, -0.25) is 4.98 Å². The summed E-state index contributed by atoms with van der Waals surface area (Å²) in [7, 11) is 2.14. The Morgan fingerprint density at radius 1 is 1.03 bits per heavy atom. The second-order valence-corrected chi connectivity index (χ2v) is 9.69. The number of nitrogens with one attached hydrogen (secondary N) is 1. The third kappa shape index (κ3) is 3.55. The smallest absolute Gasteiger partial charge is 0.174 e. The number of aromatic hydroxyl groups is 1. The van der Waals surface area contributed by atoms with E-state index in [-0.39, 0.29) is 23.4 Å². The average molecular weight is 457 g/mol. The van der Waals surface area contributed by atoms with Crippen molar-refractivity contribution >= 4 is 34.3 Å². The predicted octanol–water partition coefficient (Wildman–Crippen LogP) is 5.60. The molecule has 2 unspecified atom stereocenters. The molecule has 0 radical (unpaired) electrons. The molecule has 33 heavy (non-hydrogen) atoms. The largest absolute Gasteiger partial charge is 0.506 e. The molecule has 0 aliphatic carbocycles. The van der Waals surface area contributed by atoms with Gasteiger partial charge >= 0.3 is 0 Å². The number of hydrogen-bond donors (Lipinski definition) is 2. The summed E-state index contributed by atoms with van der Waals surface area (Å²) in [6.45, 7) is 6.62. The zero-order valence-corrected chi connectivity index (χ0v) is 20.1. The van der Waals surface area contributed by atoms with E-state index in [9.17, 15) is 5.11 Å². The molecule has 6 heteroatoms. The number of thiocarbonyl (C=S) groups is 1. The Morgan fingerprint density at radius 2 is 1.79 bits per heavy atom. The fourth-order valence-corrected chi connectivity index (χ4v) is 5.32. The Kier molecular flexibility index (Phi) is 5.13. The molecule has 3 aromatic rings. The maximum atomic E-state index is 10.7. The van der Waals surface area contributed by atoms with E-state index >= 15 is 0 Å². The molecule has 168 valence electrons. The second kappa shape index (κ2) is 7.89. The molecule has 5 rings (SSSR count). The van der Waals surface area contributed by atoms with Gasteiger partial charge in [0.15, 0.2) is 5.11 Å². The number of hydrogen-bond acceptors (Lipinski definition) is 4. The van der Waals surface area contributed by atoms with Crippen LogP contribution in [0.2, 0.25) is 0 Å². The fourth-order valence-electron chi connectivity index (χ4n) is 4.98. The zero-order chi connectivity index (χ0) is 23.3. The molecule has 0 saturated carbocycles. The van der Waals surface area contributed by atoms with Gasteiger partial charge in [0, 0.05) is 24.5 Å². The Balaban J connectivity index is 1.67. The Hall–Kier alpha value is -3.38. The van der Waals surface area contributed by atoms with Gasteiger partial charge in [-0.25, -0.2) is 0 Å². The summed E-state index contributed by atoms with van der Waals surface area (Å²) in [6, 6.07) is 19.6. The highest BCUT2D eigenvalue weighted by molar-refractivity contribution is 7.80. The SMILES string of the molecule is CC1=CC(C)(C)N(C)c2ccc(C3C(c4ccccn4)NC(=S)N3c3ccccc3O)cc21. The van der Waals surface area contributed by atoms with E-state index in [4.69, 9.17) is 12.2 Å². The van der Waals surface area contributed by atoms with Crippen LogP contribution in [0.15, 0.2) is 72.9 Å². The molecule has 3 heterocycles. The molecule has 5 nitrogen and oxygen atoms in total. The van der Waals surface area contributed by atoms with Crippen molar-refractivity contribution in [2.75, 3.05) is 16.8 Å².